The maximum absolute atomic E-state index is 12.2. The molecule has 0 bridgehead atoms. The Balaban J connectivity index is 1.81. The zero-order chi connectivity index (χ0) is 15.2. The van der Waals surface area contributed by atoms with Crippen molar-refractivity contribution in [3.8, 4) is 5.75 Å². The highest BCUT2D eigenvalue weighted by molar-refractivity contribution is 6.30. The zero-order valence-corrected chi connectivity index (χ0v) is 12.7. The second kappa shape index (κ2) is 7.08. The molecule has 0 saturated heterocycles. The fourth-order valence-corrected chi connectivity index (χ4v) is 2.00. The summed E-state index contributed by atoms with van der Waals surface area (Å²) in [4.78, 5) is 17.6. The molecule has 2 rings (SSSR count). The van der Waals surface area contributed by atoms with Gasteiger partial charge in [0.25, 0.3) is 0 Å². The number of ether oxygens (including phenoxy) is 1. The van der Waals surface area contributed by atoms with Gasteiger partial charge in [0.1, 0.15) is 31.1 Å². The molecule has 1 heterocycles. The maximum Gasteiger partial charge on any atom is 0.247 e. The van der Waals surface area contributed by atoms with Crippen LogP contribution in [0.3, 0.4) is 0 Å². The van der Waals surface area contributed by atoms with Crippen molar-refractivity contribution in [1.29, 1.82) is 0 Å². The third-order valence-corrected chi connectivity index (χ3v) is 3.29. The molecule has 0 radical (unpaired) electrons. The molecule has 7 heteroatoms. The van der Waals surface area contributed by atoms with Crippen LogP contribution in [0.2, 0.25) is 5.02 Å². The van der Waals surface area contributed by atoms with Crippen molar-refractivity contribution in [1.82, 2.24) is 19.7 Å². The summed E-state index contributed by atoms with van der Waals surface area (Å²) < 4.78 is 7.09. The van der Waals surface area contributed by atoms with Crippen LogP contribution in [-0.2, 0) is 4.79 Å². The standard InChI is InChI=1S/C14H17ClN4O2/c1-11(19-10-16-9-17-19)14(20)18(2)6-7-21-13-5-3-4-12(15)8-13/h3-5,8-11H,6-7H2,1-2H3/t11-/m0/s1. The van der Waals surface area contributed by atoms with Gasteiger partial charge in [-0.15, -0.1) is 0 Å². The smallest absolute Gasteiger partial charge is 0.247 e. The summed E-state index contributed by atoms with van der Waals surface area (Å²) in [5.41, 5.74) is 0. The van der Waals surface area contributed by atoms with E-state index in [1.54, 1.807) is 31.0 Å². The summed E-state index contributed by atoms with van der Waals surface area (Å²) in [6.45, 7) is 2.66. The molecule has 1 aromatic carbocycles. The van der Waals surface area contributed by atoms with Crippen LogP contribution in [-0.4, -0.2) is 45.8 Å². The predicted molar refractivity (Wildman–Crippen MR) is 79.3 cm³/mol. The van der Waals surface area contributed by atoms with Gasteiger partial charge in [-0.3, -0.25) is 4.79 Å². The van der Waals surface area contributed by atoms with Gasteiger partial charge >= 0.3 is 0 Å². The highest BCUT2D eigenvalue weighted by Gasteiger charge is 2.19. The molecule has 1 atom stereocenters. The van der Waals surface area contributed by atoms with Crippen LogP contribution in [0, 0.1) is 0 Å². The molecule has 0 spiro atoms. The summed E-state index contributed by atoms with van der Waals surface area (Å²) in [6, 6.07) is 6.78. The predicted octanol–water partition coefficient (Wildman–Crippen LogP) is 2.03. The van der Waals surface area contributed by atoms with Gasteiger partial charge in [0.15, 0.2) is 0 Å². The highest BCUT2D eigenvalue weighted by atomic mass is 35.5. The Hall–Kier alpha value is -2.08. The second-order valence-electron chi connectivity index (χ2n) is 4.62. The van der Waals surface area contributed by atoms with E-state index in [4.69, 9.17) is 16.3 Å². The molecule has 2 aromatic rings. The second-order valence-corrected chi connectivity index (χ2v) is 5.05. The average Bonchev–Trinajstić information content (AvgIpc) is 3.00. The van der Waals surface area contributed by atoms with Gasteiger partial charge in [0, 0.05) is 12.1 Å². The number of carbonyl (C=O) groups excluding carboxylic acids is 1. The molecule has 1 amide bonds. The van der Waals surface area contributed by atoms with E-state index in [0.717, 1.165) is 0 Å². The number of likely N-dealkylation sites (N-methyl/N-ethyl adjacent to an activating group) is 1. The van der Waals surface area contributed by atoms with Crippen molar-refractivity contribution in [2.45, 2.75) is 13.0 Å². The van der Waals surface area contributed by atoms with Crippen LogP contribution in [0.5, 0.6) is 5.75 Å². The largest absolute Gasteiger partial charge is 0.492 e. The number of aromatic nitrogens is 3. The van der Waals surface area contributed by atoms with Crippen LogP contribution in [0.15, 0.2) is 36.9 Å². The average molecular weight is 309 g/mol. The summed E-state index contributed by atoms with van der Waals surface area (Å²) in [7, 11) is 1.73. The van der Waals surface area contributed by atoms with E-state index < -0.39 is 0 Å². The van der Waals surface area contributed by atoms with Gasteiger partial charge in [0.2, 0.25) is 5.91 Å². The molecular formula is C14H17ClN4O2. The Bertz CT molecular complexity index is 588. The minimum atomic E-state index is -0.385. The number of hydrogen-bond acceptors (Lipinski definition) is 4. The van der Waals surface area contributed by atoms with E-state index in [0.29, 0.717) is 23.9 Å². The Labute approximate surface area is 128 Å². The van der Waals surface area contributed by atoms with E-state index in [-0.39, 0.29) is 11.9 Å². The normalized spacial score (nSPS) is 12.0. The van der Waals surface area contributed by atoms with E-state index in [9.17, 15) is 4.79 Å². The first-order chi connectivity index (χ1) is 10.1. The lowest BCUT2D eigenvalue weighted by molar-refractivity contribution is -0.133. The molecule has 21 heavy (non-hydrogen) atoms. The maximum atomic E-state index is 12.2. The van der Waals surface area contributed by atoms with Crippen molar-refractivity contribution in [3.05, 3.63) is 41.9 Å². The van der Waals surface area contributed by atoms with Gasteiger partial charge in [0.05, 0.1) is 6.54 Å². The lowest BCUT2D eigenvalue weighted by Gasteiger charge is -2.21. The molecule has 0 fully saturated rings. The van der Waals surface area contributed by atoms with Crippen molar-refractivity contribution < 1.29 is 9.53 Å². The zero-order valence-electron chi connectivity index (χ0n) is 11.9. The molecule has 0 aliphatic heterocycles. The summed E-state index contributed by atoms with van der Waals surface area (Å²) >= 11 is 5.88. The first kappa shape index (κ1) is 15.3. The van der Waals surface area contributed by atoms with Crippen LogP contribution < -0.4 is 4.74 Å². The third kappa shape index (κ3) is 4.19. The van der Waals surface area contributed by atoms with Crippen LogP contribution in [0.4, 0.5) is 0 Å². The van der Waals surface area contributed by atoms with Gasteiger partial charge in [-0.05, 0) is 25.1 Å². The lowest BCUT2D eigenvalue weighted by Crippen LogP contribution is -2.36. The first-order valence-electron chi connectivity index (χ1n) is 6.55. The Morgan fingerprint density at radius 3 is 3.00 bits per heavy atom. The Morgan fingerprint density at radius 2 is 2.33 bits per heavy atom. The van der Waals surface area contributed by atoms with Crippen molar-refractivity contribution in [2.75, 3.05) is 20.2 Å². The number of halogens is 1. The van der Waals surface area contributed by atoms with Crippen molar-refractivity contribution in [2.24, 2.45) is 0 Å². The number of carbonyl (C=O) groups is 1. The number of nitrogens with zero attached hydrogens (tertiary/aromatic N) is 4. The van der Waals surface area contributed by atoms with Crippen LogP contribution in [0.1, 0.15) is 13.0 Å². The first-order valence-corrected chi connectivity index (χ1v) is 6.93. The van der Waals surface area contributed by atoms with Crippen LogP contribution in [0.25, 0.3) is 0 Å². The molecule has 0 N–H and O–H groups in total. The molecule has 0 saturated carbocycles. The van der Waals surface area contributed by atoms with Gasteiger partial charge in [-0.2, -0.15) is 5.10 Å². The van der Waals surface area contributed by atoms with Gasteiger partial charge in [-0.1, -0.05) is 17.7 Å². The van der Waals surface area contributed by atoms with Crippen molar-refractivity contribution >= 4 is 17.5 Å². The minimum Gasteiger partial charge on any atom is -0.492 e. The Morgan fingerprint density at radius 1 is 1.52 bits per heavy atom. The Kier molecular flexibility index (Phi) is 5.16. The minimum absolute atomic E-state index is 0.0461. The molecular weight excluding hydrogens is 292 g/mol. The van der Waals surface area contributed by atoms with E-state index in [1.165, 1.54) is 17.3 Å². The number of hydrogen-bond donors (Lipinski definition) is 0. The number of rotatable bonds is 6. The van der Waals surface area contributed by atoms with E-state index in [1.807, 2.05) is 12.1 Å². The van der Waals surface area contributed by atoms with E-state index in [2.05, 4.69) is 10.1 Å². The fourth-order valence-electron chi connectivity index (χ4n) is 1.82. The molecule has 6 nitrogen and oxygen atoms in total. The number of amides is 1. The van der Waals surface area contributed by atoms with Gasteiger partial charge in [-0.25, -0.2) is 9.67 Å². The molecule has 1 aromatic heterocycles. The third-order valence-electron chi connectivity index (χ3n) is 3.06. The van der Waals surface area contributed by atoms with Gasteiger partial charge < -0.3 is 9.64 Å². The summed E-state index contributed by atoms with van der Waals surface area (Å²) in [5.74, 6) is 0.642. The van der Waals surface area contributed by atoms with Crippen molar-refractivity contribution in [3.63, 3.8) is 0 Å². The topological polar surface area (TPSA) is 60.2 Å². The quantitative estimate of drug-likeness (QED) is 0.819. The molecule has 0 unspecified atom stereocenters. The molecule has 0 aliphatic carbocycles. The number of benzene rings is 1. The van der Waals surface area contributed by atoms with E-state index >= 15 is 0 Å². The highest BCUT2D eigenvalue weighted by Crippen LogP contribution is 2.17. The molecule has 0 aliphatic rings. The fraction of sp³-hybridized carbons (Fsp3) is 0.357. The lowest BCUT2D eigenvalue weighted by atomic mass is 10.3. The summed E-state index contributed by atoms with van der Waals surface area (Å²) in [6.07, 6.45) is 2.94. The molecule has 112 valence electrons. The van der Waals surface area contributed by atoms with Crippen LogP contribution >= 0.6 is 11.6 Å². The summed E-state index contributed by atoms with van der Waals surface area (Å²) in [5, 5.41) is 4.59. The SMILES string of the molecule is C[C@@H](C(=O)N(C)CCOc1cccc(Cl)c1)n1cncn1. The monoisotopic (exact) mass is 308 g/mol.